The zero-order valence-corrected chi connectivity index (χ0v) is 15.2. The molecular formula is C18H26N6O2. The van der Waals surface area contributed by atoms with E-state index in [9.17, 15) is 4.79 Å². The number of aromatic nitrogens is 3. The van der Waals surface area contributed by atoms with E-state index >= 15 is 0 Å². The van der Waals surface area contributed by atoms with Gasteiger partial charge in [-0.25, -0.2) is 9.78 Å². The van der Waals surface area contributed by atoms with Crippen LogP contribution in [0, 0.1) is 0 Å². The van der Waals surface area contributed by atoms with Gasteiger partial charge in [0, 0.05) is 26.1 Å². The molecule has 0 radical (unpaired) electrons. The number of morpholine rings is 1. The molecule has 0 bridgehead atoms. The number of rotatable bonds is 6. The van der Waals surface area contributed by atoms with Crippen molar-refractivity contribution in [3.05, 3.63) is 36.4 Å². The van der Waals surface area contributed by atoms with Crippen LogP contribution in [0.15, 0.2) is 30.6 Å². The van der Waals surface area contributed by atoms with Crippen LogP contribution in [0.1, 0.15) is 26.1 Å². The molecule has 8 nitrogen and oxygen atoms in total. The number of carbonyl (C=O) groups is 1. The van der Waals surface area contributed by atoms with Crippen molar-refractivity contribution >= 4 is 17.4 Å². The molecule has 0 aliphatic carbocycles. The molecule has 1 saturated heterocycles. The summed E-state index contributed by atoms with van der Waals surface area (Å²) in [5.41, 5.74) is 1.83. The lowest BCUT2D eigenvalue weighted by Crippen LogP contribution is -2.45. The number of ether oxygens (including phenoxy) is 1. The van der Waals surface area contributed by atoms with Gasteiger partial charge in [0.25, 0.3) is 0 Å². The first kappa shape index (κ1) is 18.2. The van der Waals surface area contributed by atoms with Gasteiger partial charge in [-0.15, -0.1) is 0 Å². The van der Waals surface area contributed by atoms with Gasteiger partial charge in [0.2, 0.25) is 0 Å². The Bertz CT molecular complexity index is 695. The van der Waals surface area contributed by atoms with E-state index in [-0.39, 0.29) is 18.2 Å². The number of anilines is 2. The van der Waals surface area contributed by atoms with Gasteiger partial charge in [-0.2, -0.15) is 5.10 Å². The second-order valence-corrected chi connectivity index (χ2v) is 6.60. The van der Waals surface area contributed by atoms with E-state index < -0.39 is 0 Å². The number of aryl methyl sites for hydroxylation is 1. The highest BCUT2D eigenvalue weighted by atomic mass is 16.5. The average Bonchev–Trinajstić information content (AvgIpc) is 3.12. The third-order valence-corrected chi connectivity index (χ3v) is 4.25. The highest BCUT2D eigenvalue weighted by molar-refractivity contribution is 5.93. The molecule has 3 rings (SSSR count). The zero-order valence-electron chi connectivity index (χ0n) is 15.2. The van der Waals surface area contributed by atoms with Gasteiger partial charge in [-0.1, -0.05) is 12.1 Å². The van der Waals surface area contributed by atoms with Crippen LogP contribution >= 0.6 is 0 Å². The van der Waals surface area contributed by atoms with Gasteiger partial charge in [0.05, 0.1) is 23.6 Å². The lowest BCUT2D eigenvalue weighted by Gasteiger charge is -2.37. The predicted molar refractivity (Wildman–Crippen MR) is 100 cm³/mol. The summed E-state index contributed by atoms with van der Waals surface area (Å²) in [6.45, 7) is 6.32. The molecule has 1 aliphatic rings. The molecule has 3 N–H and O–H groups in total. The summed E-state index contributed by atoms with van der Waals surface area (Å²) < 4.78 is 5.80. The van der Waals surface area contributed by atoms with Gasteiger partial charge < -0.3 is 20.3 Å². The molecule has 140 valence electrons. The molecule has 8 heteroatoms. The smallest absolute Gasteiger partial charge is 0.319 e. The van der Waals surface area contributed by atoms with Crippen molar-refractivity contribution in [1.82, 2.24) is 20.5 Å². The molecule has 1 aliphatic heterocycles. The van der Waals surface area contributed by atoms with Crippen LogP contribution in [0.3, 0.4) is 0 Å². The molecule has 26 heavy (non-hydrogen) atoms. The molecule has 0 unspecified atom stereocenters. The molecule has 1 aromatic carbocycles. The van der Waals surface area contributed by atoms with E-state index in [1.807, 2.05) is 24.3 Å². The van der Waals surface area contributed by atoms with Gasteiger partial charge >= 0.3 is 6.03 Å². The largest absolute Gasteiger partial charge is 0.372 e. The lowest BCUT2D eigenvalue weighted by molar-refractivity contribution is -0.00517. The van der Waals surface area contributed by atoms with Crippen molar-refractivity contribution in [3.8, 4) is 0 Å². The number of benzene rings is 1. The fourth-order valence-corrected chi connectivity index (χ4v) is 3.21. The third kappa shape index (κ3) is 4.95. The first-order chi connectivity index (χ1) is 12.6. The second-order valence-electron chi connectivity index (χ2n) is 6.60. The molecule has 1 aromatic heterocycles. The molecular weight excluding hydrogens is 332 g/mol. The zero-order chi connectivity index (χ0) is 18.4. The molecule has 1 fully saturated rings. The Morgan fingerprint density at radius 1 is 1.31 bits per heavy atom. The van der Waals surface area contributed by atoms with E-state index in [2.05, 4.69) is 44.6 Å². The van der Waals surface area contributed by atoms with E-state index in [1.54, 1.807) is 0 Å². The molecule has 0 spiro atoms. The first-order valence-corrected chi connectivity index (χ1v) is 9.00. The normalized spacial score (nSPS) is 20.0. The van der Waals surface area contributed by atoms with E-state index in [4.69, 9.17) is 4.74 Å². The monoisotopic (exact) mass is 358 g/mol. The Balaban J connectivity index is 1.53. The van der Waals surface area contributed by atoms with Gasteiger partial charge in [0.1, 0.15) is 12.2 Å². The number of aromatic amines is 1. The number of nitrogens with one attached hydrogen (secondary N) is 3. The predicted octanol–water partition coefficient (Wildman–Crippen LogP) is 2.17. The van der Waals surface area contributed by atoms with Crippen LogP contribution in [0.4, 0.5) is 16.2 Å². The summed E-state index contributed by atoms with van der Waals surface area (Å²) in [6, 6.07) is 7.67. The average molecular weight is 358 g/mol. The minimum atomic E-state index is -0.204. The minimum Gasteiger partial charge on any atom is -0.372 e. The Labute approximate surface area is 153 Å². The number of H-pyrrole nitrogens is 1. The van der Waals surface area contributed by atoms with Crippen LogP contribution in [-0.2, 0) is 11.2 Å². The van der Waals surface area contributed by atoms with Crippen molar-refractivity contribution in [3.63, 3.8) is 0 Å². The van der Waals surface area contributed by atoms with Crippen molar-refractivity contribution < 1.29 is 9.53 Å². The maximum absolute atomic E-state index is 12.2. The van der Waals surface area contributed by atoms with E-state index in [0.29, 0.717) is 6.54 Å². The molecule has 0 saturated carbocycles. The highest BCUT2D eigenvalue weighted by Crippen LogP contribution is 2.28. The van der Waals surface area contributed by atoms with Crippen LogP contribution < -0.4 is 15.5 Å². The Morgan fingerprint density at radius 3 is 2.81 bits per heavy atom. The van der Waals surface area contributed by atoms with Crippen LogP contribution in [0.5, 0.6) is 0 Å². The van der Waals surface area contributed by atoms with Crippen LogP contribution in [-0.4, -0.2) is 53.1 Å². The second kappa shape index (κ2) is 8.66. The van der Waals surface area contributed by atoms with E-state index in [0.717, 1.165) is 43.1 Å². The van der Waals surface area contributed by atoms with E-state index in [1.165, 1.54) is 6.33 Å². The number of nitrogens with zero attached hydrogens (tertiary/aromatic N) is 3. The maximum Gasteiger partial charge on any atom is 0.319 e. The Kier molecular flexibility index (Phi) is 6.06. The summed E-state index contributed by atoms with van der Waals surface area (Å²) in [6.07, 6.45) is 3.36. The van der Waals surface area contributed by atoms with Gasteiger partial charge in [0.15, 0.2) is 0 Å². The first-order valence-electron chi connectivity index (χ1n) is 9.00. The quantitative estimate of drug-likeness (QED) is 0.688. The number of urea groups is 1. The highest BCUT2D eigenvalue weighted by Gasteiger charge is 2.24. The van der Waals surface area contributed by atoms with Crippen molar-refractivity contribution in [2.45, 2.75) is 38.9 Å². The number of hydrogen-bond donors (Lipinski definition) is 3. The number of para-hydroxylation sites is 2. The summed E-state index contributed by atoms with van der Waals surface area (Å²) >= 11 is 0. The van der Waals surface area contributed by atoms with Crippen LogP contribution in [0.25, 0.3) is 0 Å². The van der Waals surface area contributed by atoms with Crippen molar-refractivity contribution in [2.24, 2.45) is 0 Å². The Hall–Kier alpha value is -2.61. The molecule has 2 heterocycles. The van der Waals surface area contributed by atoms with Gasteiger partial charge in [-0.3, -0.25) is 5.10 Å². The Morgan fingerprint density at radius 2 is 2.08 bits per heavy atom. The summed E-state index contributed by atoms with van der Waals surface area (Å²) in [5, 5.41) is 12.5. The molecule has 2 amide bonds. The van der Waals surface area contributed by atoms with Crippen molar-refractivity contribution in [2.75, 3.05) is 29.9 Å². The SMILES string of the molecule is C[C@@H]1CN(c2ccccc2NC(=O)NCCCc2ncn[nH]2)C[C@@H](C)O1. The summed E-state index contributed by atoms with van der Waals surface area (Å²) in [7, 11) is 0. The van der Waals surface area contributed by atoms with Gasteiger partial charge in [-0.05, 0) is 32.4 Å². The number of amides is 2. The van der Waals surface area contributed by atoms with Crippen LogP contribution in [0.2, 0.25) is 0 Å². The topological polar surface area (TPSA) is 95.2 Å². The number of hydrogen-bond acceptors (Lipinski definition) is 5. The molecule has 2 atom stereocenters. The van der Waals surface area contributed by atoms with Crippen molar-refractivity contribution in [1.29, 1.82) is 0 Å². The summed E-state index contributed by atoms with van der Waals surface area (Å²) in [5.74, 6) is 0.827. The fourth-order valence-electron chi connectivity index (χ4n) is 3.21. The number of carbonyl (C=O) groups excluding carboxylic acids is 1. The third-order valence-electron chi connectivity index (χ3n) is 4.25. The molecule has 2 aromatic rings. The minimum absolute atomic E-state index is 0.164. The summed E-state index contributed by atoms with van der Waals surface area (Å²) in [4.78, 5) is 18.6. The standard InChI is InChI=1S/C18H26N6O2/c1-13-10-24(11-14(2)26-13)16-7-4-3-6-15(16)22-18(25)19-9-5-8-17-20-12-21-23-17/h3-4,6-7,12-14H,5,8-11H2,1-2H3,(H2,19,22,25)(H,20,21,23)/t13-,14-/m1/s1. The maximum atomic E-state index is 12.2. The fraction of sp³-hybridized carbons (Fsp3) is 0.500. The lowest BCUT2D eigenvalue weighted by atomic mass is 10.1.